The van der Waals surface area contributed by atoms with Gasteiger partial charge in [0.25, 0.3) is 0 Å². The lowest BCUT2D eigenvalue weighted by Crippen LogP contribution is -2.31. The number of hydrogen-bond donors (Lipinski definition) is 1. The van der Waals surface area contributed by atoms with Gasteiger partial charge in [0.05, 0.1) is 13.5 Å². The van der Waals surface area contributed by atoms with E-state index in [0.717, 1.165) is 11.3 Å². The second-order valence-corrected chi connectivity index (χ2v) is 4.97. The summed E-state index contributed by atoms with van der Waals surface area (Å²) in [5, 5.41) is 13.8. The quantitative estimate of drug-likeness (QED) is 0.858. The van der Waals surface area contributed by atoms with Crippen LogP contribution in [0.5, 0.6) is 5.75 Å². The fourth-order valence-electron chi connectivity index (χ4n) is 2.03. The molecule has 0 bridgehead atoms. The van der Waals surface area contributed by atoms with E-state index < -0.39 is 0 Å². The largest absolute Gasteiger partial charge is 0.497 e. The molecular weight excluding hydrogens is 270 g/mol. The number of likely N-dealkylation sites (N-methyl/N-ethyl adjacent to an activating group) is 1. The van der Waals surface area contributed by atoms with Crippen molar-refractivity contribution in [1.82, 2.24) is 25.5 Å². The van der Waals surface area contributed by atoms with Gasteiger partial charge in [-0.05, 0) is 17.7 Å². The number of ether oxygens (including phenoxy) is 1. The first-order valence-corrected chi connectivity index (χ1v) is 6.70. The average Bonchev–Trinajstić information content (AvgIpc) is 3.02. The number of rotatable bonds is 6. The topological polar surface area (TPSA) is 84.0 Å². The fourth-order valence-corrected chi connectivity index (χ4v) is 2.03. The van der Waals surface area contributed by atoms with Gasteiger partial charge in [-0.2, -0.15) is 5.21 Å². The van der Waals surface area contributed by atoms with Crippen molar-refractivity contribution in [1.29, 1.82) is 0 Å². The lowest BCUT2D eigenvalue weighted by atomic mass is 10.1. The monoisotopic (exact) mass is 289 g/mol. The number of benzene rings is 1. The van der Waals surface area contributed by atoms with E-state index in [2.05, 4.69) is 20.6 Å². The van der Waals surface area contributed by atoms with Crippen LogP contribution in [0.2, 0.25) is 0 Å². The minimum atomic E-state index is 0.0357. The minimum absolute atomic E-state index is 0.0357. The van der Waals surface area contributed by atoms with Crippen LogP contribution in [0.4, 0.5) is 0 Å². The van der Waals surface area contributed by atoms with E-state index in [-0.39, 0.29) is 11.8 Å². The van der Waals surface area contributed by atoms with Gasteiger partial charge < -0.3 is 9.64 Å². The second-order valence-electron chi connectivity index (χ2n) is 4.97. The van der Waals surface area contributed by atoms with Crippen LogP contribution >= 0.6 is 0 Å². The highest BCUT2D eigenvalue weighted by molar-refractivity contribution is 5.78. The molecule has 2 aromatic rings. The lowest BCUT2D eigenvalue weighted by molar-refractivity contribution is -0.129. The van der Waals surface area contributed by atoms with Crippen molar-refractivity contribution in [3.05, 3.63) is 35.7 Å². The summed E-state index contributed by atoms with van der Waals surface area (Å²) in [4.78, 5) is 13.9. The molecule has 1 N–H and O–H groups in total. The Bertz CT molecular complexity index is 568. The zero-order chi connectivity index (χ0) is 15.2. The first kappa shape index (κ1) is 15.0. The van der Waals surface area contributed by atoms with Gasteiger partial charge in [0.15, 0.2) is 5.82 Å². The number of nitrogens with zero attached hydrogens (tertiary/aromatic N) is 4. The minimum Gasteiger partial charge on any atom is -0.497 e. The fraction of sp³-hybridized carbons (Fsp3) is 0.429. The molecule has 1 heterocycles. The number of carbonyl (C=O) groups excluding carboxylic acids is 1. The summed E-state index contributed by atoms with van der Waals surface area (Å²) >= 11 is 0. The van der Waals surface area contributed by atoms with Crippen LogP contribution in [0.15, 0.2) is 24.3 Å². The number of carbonyl (C=O) groups is 1. The molecule has 7 heteroatoms. The molecule has 0 aliphatic heterocycles. The molecule has 7 nitrogen and oxygen atoms in total. The molecule has 0 saturated carbocycles. The molecule has 1 unspecified atom stereocenters. The Morgan fingerprint density at radius 3 is 2.67 bits per heavy atom. The second kappa shape index (κ2) is 6.83. The molecule has 112 valence electrons. The molecule has 2 rings (SSSR count). The van der Waals surface area contributed by atoms with E-state index in [9.17, 15) is 4.79 Å². The Balaban J connectivity index is 1.89. The summed E-state index contributed by atoms with van der Waals surface area (Å²) in [7, 11) is 3.40. The van der Waals surface area contributed by atoms with Crippen molar-refractivity contribution in [3.63, 3.8) is 0 Å². The van der Waals surface area contributed by atoms with Gasteiger partial charge in [-0.3, -0.25) is 4.79 Å². The molecule has 1 aromatic carbocycles. The number of methoxy groups -OCH3 is 1. The highest BCUT2D eigenvalue weighted by Crippen LogP contribution is 2.14. The van der Waals surface area contributed by atoms with E-state index in [1.54, 1.807) is 19.1 Å². The normalized spacial score (nSPS) is 12.0. The third-order valence-corrected chi connectivity index (χ3v) is 3.29. The van der Waals surface area contributed by atoms with Crippen molar-refractivity contribution >= 4 is 5.91 Å². The molecule has 0 fully saturated rings. The smallest absolute Gasteiger partial charge is 0.226 e. The van der Waals surface area contributed by atoms with E-state index >= 15 is 0 Å². The van der Waals surface area contributed by atoms with Gasteiger partial charge in [-0.25, -0.2) is 0 Å². The summed E-state index contributed by atoms with van der Waals surface area (Å²) < 4.78 is 5.10. The van der Waals surface area contributed by atoms with Crippen molar-refractivity contribution < 1.29 is 9.53 Å². The maximum atomic E-state index is 12.2. The van der Waals surface area contributed by atoms with Gasteiger partial charge >= 0.3 is 0 Å². The number of nitrogens with one attached hydrogen (secondary N) is 1. The third-order valence-electron chi connectivity index (χ3n) is 3.29. The van der Waals surface area contributed by atoms with Gasteiger partial charge in [0.1, 0.15) is 5.75 Å². The lowest BCUT2D eigenvalue weighted by Gasteiger charge is -2.20. The number of H-pyrrole nitrogens is 1. The molecule has 1 aromatic heterocycles. The zero-order valence-corrected chi connectivity index (χ0v) is 12.4. The maximum Gasteiger partial charge on any atom is 0.226 e. The van der Waals surface area contributed by atoms with Gasteiger partial charge in [-0.15, -0.1) is 10.2 Å². The van der Waals surface area contributed by atoms with Crippen LogP contribution in [0.3, 0.4) is 0 Å². The Morgan fingerprint density at radius 1 is 1.38 bits per heavy atom. The first-order chi connectivity index (χ1) is 10.1. The molecule has 0 spiro atoms. The van der Waals surface area contributed by atoms with Crippen molar-refractivity contribution in [3.8, 4) is 5.75 Å². The van der Waals surface area contributed by atoms with Gasteiger partial charge in [0, 0.05) is 19.5 Å². The summed E-state index contributed by atoms with van der Waals surface area (Å²) in [6, 6.07) is 7.50. The van der Waals surface area contributed by atoms with E-state index in [0.29, 0.717) is 18.8 Å². The molecule has 0 aliphatic carbocycles. The Kier molecular flexibility index (Phi) is 4.86. The molecule has 0 saturated heterocycles. The number of hydrogen-bond acceptors (Lipinski definition) is 5. The Hall–Kier alpha value is -2.44. The molecule has 21 heavy (non-hydrogen) atoms. The van der Waals surface area contributed by atoms with Gasteiger partial charge in [0.2, 0.25) is 5.91 Å². The van der Waals surface area contributed by atoms with E-state index in [4.69, 9.17) is 4.74 Å². The molecular formula is C14H19N5O2. The number of tetrazole rings is 1. The predicted octanol–water partition coefficient (Wildman–Crippen LogP) is 1.01. The van der Waals surface area contributed by atoms with Crippen LogP contribution in [-0.2, 0) is 11.2 Å². The highest BCUT2D eigenvalue weighted by atomic mass is 16.5. The maximum absolute atomic E-state index is 12.2. The van der Waals surface area contributed by atoms with Crippen LogP contribution in [-0.4, -0.2) is 52.1 Å². The van der Waals surface area contributed by atoms with E-state index in [1.807, 2.05) is 31.2 Å². The standard InChI is InChI=1S/C14H19N5O2/c1-10(14-15-17-18-16-14)9-19(2)13(20)8-11-4-6-12(21-3)7-5-11/h4-7,10H,8-9H2,1-3H3,(H,15,16,17,18). The Labute approximate surface area is 123 Å². The van der Waals surface area contributed by atoms with Crippen LogP contribution in [0.1, 0.15) is 24.2 Å². The van der Waals surface area contributed by atoms with Crippen LogP contribution in [0.25, 0.3) is 0 Å². The van der Waals surface area contributed by atoms with Gasteiger partial charge in [-0.1, -0.05) is 24.3 Å². The SMILES string of the molecule is COc1ccc(CC(=O)N(C)CC(C)c2nn[nH]n2)cc1. The summed E-state index contributed by atoms with van der Waals surface area (Å²) in [5.41, 5.74) is 0.958. The van der Waals surface area contributed by atoms with Crippen molar-refractivity contribution in [2.24, 2.45) is 0 Å². The summed E-state index contributed by atoms with van der Waals surface area (Å²) in [6.07, 6.45) is 0.361. The predicted molar refractivity (Wildman–Crippen MR) is 76.9 cm³/mol. The van der Waals surface area contributed by atoms with Crippen molar-refractivity contribution in [2.45, 2.75) is 19.3 Å². The molecule has 1 amide bonds. The average molecular weight is 289 g/mol. The first-order valence-electron chi connectivity index (χ1n) is 6.70. The number of aromatic nitrogens is 4. The van der Waals surface area contributed by atoms with E-state index in [1.165, 1.54) is 0 Å². The molecule has 0 radical (unpaired) electrons. The summed E-state index contributed by atoms with van der Waals surface area (Å²) in [5.74, 6) is 1.48. The van der Waals surface area contributed by atoms with Crippen molar-refractivity contribution in [2.75, 3.05) is 20.7 Å². The highest BCUT2D eigenvalue weighted by Gasteiger charge is 2.17. The Morgan fingerprint density at radius 2 is 2.10 bits per heavy atom. The molecule has 1 atom stereocenters. The van der Waals surface area contributed by atoms with Crippen LogP contribution in [0, 0.1) is 0 Å². The number of aromatic amines is 1. The molecule has 0 aliphatic rings. The van der Waals surface area contributed by atoms with Crippen LogP contribution < -0.4 is 4.74 Å². The number of amides is 1. The third kappa shape index (κ3) is 4.01. The summed E-state index contributed by atoms with van der Waals surface area (Å²) in [6.45, 7) is 2.51. The zero-order valence-electron chi connectivity index (χ0n) is 12.4.